The lowest BCUT2D eigenvalue weighted by atomic mass is 10.1. The summed E-state index contributed by atoms with van der Waals surface area (Å²) in [7, 11) is -2.09. The second-order valence-corrected chi connectivity index (χ2v) is 8.08. The molecule has 0 aliphatic carbocycles. The van der Waals surface area contributed by atoms with Gasteiger partial charge < -0.3 is 15.7 Å². The molecule has 0 aliphatic heterocycles. The minimum Gasteiger partial charge on any atom is -0.388 e. The largest absolute Gasteiger partial charge is 0.388 e. The molecule has 0 heterocycles. The Morgan fingerprint density at radius 3 is 2.54 bits per heavy atom. The fourth-order valence-corrected chi connectivity index (χ4v) is 3.41. The maximum absolute atomic E-state index is 11.9. The molecule has 2 aromatic carbocycles. The number of nitrogens with zero attached hydrogens (tertiary/aromatic N) is 1. The molecule has 0 bridgehead atoms. The van der Waals surface area contributed by atoms with Crippen LogP contribution in [0, 0.1) is 0 Å². The molecule has 1 unspecified atom stereocenters. The molecule has 0 amide bonds. The van der Waals surface area contributed by atoms with Crippen LogP contribution in [0.4, 0.5) is 0 Å². The lowest BCUT2D eigenvalue weighted by molar-refractivity contribution is 0.168. The maximum atomic E-state index is 11.9. The Morgan fingerprint density at radius 1 is 1.11 bits per heavy atom. The Labute approximate surface area is 167 Å². The fraction of sp³-hybridized carbons (Fsp3) is 0.350. The quantitative estimate of drug-likeness (QED) is 0.377. The van der Waals surface area contributed by atoms with Crippen molar-refractivity contribution in [3.05, 3.63) is 65.7 Å². The standard InChI is InChI=1S/C20H28N4O3S/c1-3-22-20(23-13-12-19(25)17-9-5-4-6-10-17)24-15-16-8-7-11-18(14-16)28(26,27)21-2/h4-11,14,19,21,25H,3,12-13,15H2,1-2H3,(H2,22,23,24). The number of sulfonamides is 1. The highest BCUT2D eigenvalue weighted by atomic mass is 32.2. The monoisotopic (exact) mass is 404 g/mol. The third kappa shape index (κ3) is 6.63. The Morgan fingerprint density at radius 2 is 1.86 bits per heavy atom. The summed E-state index contributed by atoms with van der Waals surface area (Å²) in [5.74, 6) is 0.615. The van der Waals surface area contributed by atoms with E-state index in [4.69, 9.17) is 0 Å². The number of hydrogen-bond donors (Lipinski definition) is 4. The first-order valence-electron chi connectivity index (χ1n) is 9.24. The van der Waals surface area contributed by atoms with Crippen molar-refractivity contribution in [2.24, 2.45) is 4.99 Å². The minimum atomic E-state index is -3.48. The summed E-state index contributed by atoms with van der Waals surface area (Å²) in [5, 5.41) is 16.6. The van der Waals surface area contributed by atoms with E-state index in [9.17, 15) is 13.5 Å². The Balaban J connectivity index is 1.96. The van der Waals surface area contributed by atoms with Gasteiger partial charge in [0.25, 0.3) is 0 Å². The number of hydrogen-bond acceptors (Lipinski definition) is 4. The van der Waals surface area contributed by atoms with Gasteiger partial charge in [-0.05, 0) is 43.7 Å². The van der Waals surface area contributed by atoms with E-state index in [1.807, 2.05) is 43.3 Å². The molecular weight excluding hydrogens is 376 g/mol. The van der Waals surface area contributed by atoms with Crippen molar-refractivity contribution in [3.63, 3.8) is 0 Å². The molecule has 8 heteroatoms. The smallest absolute Gasteiger partial charge is 0.240 e. The van der Waals surface area contributed by atoms with Crippen LogP contribution in [-0.4, -0.2) is 39.6 Å². The van der Waals surface area contributed by atoms with Gasteiger partial charge in [-0.3, -0.25) is 0 Å². The predicted molar refractivity (Wildman–Crippen MR) is 112 cm³/mol. The van der Waals surface area contributed by atoms with Gasteiger partial charge in [0.2, 0.25) is 10.0 Å². The zero-order valence-electron chi connectivity index (χ0n) is 16.2. The highest BCUT2D eigenvalue weighted by Crippen LogP contribution is 2.15. The second-order valence-electron chi connectivity index (χ2n) is 6.19. The lowest BCUT2D eigenvalue weighted by Gasteiger charge is -2.14. The van der Waals surface area contributed by atoms with Crippen LogP contribution in [-0.2, 0) is 16.6 Å². The van der Waals surface area contributed by atoms with Crippen LogP contribution in [0.2, 0.25) is 0 Å². The summed E-state index contributed by atoms with van der Waals surface area (Å²) in [5.41, 5.74) is 1.67. The van der Waals surface area contributed by atoms with Crippen LogP contribution in [0.15, 0.2) is 64.5 Å². The molecule has 0 saturated heterocycles. The molecule has 1 atom stereocenters. The SMILES string of the molecule is CCNC(=NCc1cccc(S(=O)(=O)NC)c1)NCCC(O)c1ccccc1. The summed E-state index contributed by atoms with van der Waals surface area (Å²) in [6.07, 6.45) is 0.00430. The summed E-state index contributed by atoms with van der Waals surface area (Å²) >= 11 is 0. The zero-order valence-corrected chi connectivity index (χ0v) is 17.0. The van der Waals surface area contributed by atoms with Crippen LogP contribution >= 0.6 is 0 Å². The van der Waals surface area contributed by atoms with Crippen LogP contribution in [0.3, 0.4) is 0 Å². The van der Waals surface area contributed by atoms with Gasteiger partial charge >= 0.3 is 0 Å². The number of benzene rings is 2. The maximum Gasteiger partial charge on any atom is 0.240 e. The van der Waals surface area contributed by atoms with E-state index in [-0.39, 0.29) is 4.90 Å². The normalized spacial score (nSPS) is 13.2. The second kappa shape index (κ2) is 10.8. The van der Waals surface area contributed by atoms with Gasteiger partial charge in [-0.25, -0.2) is 18.1 Å². The average molecular weight is 405 g/mol. The van der Waals surface area contributed by atoms with E-state index in [1.54, 1.807) is 18.2 Å². The van der Waals surface area contributed by atoms with Gasteiger partial charge in [0.15, 0.2) is 5.96 Å². The summed E-state index contributed by atoms with van der Waals surface area (Å²) in [6.45, 7) is 3.55. The molecule has 0 aliphatic rings. The van der Waals surface area contributed by atoms with Crippen LogP contribution < -0.4 is 15.4 Å². The van der Waals surface area contributed by atoms with E-state index in [0.29, 0.717) is 32.0 Å². The number of aliphatic imine (C=N–C) groups is 1. The molecule has 0 saturated carbocycles. The molecule has 0 fully saturated rings. The van der Waals surface area contributed by atoms with Gasteiger partial charge in [-0.2, -0.15) is 0 Å². The Kier molecular flexibility index (Phi) is 8.43. The van der Waals surface area contributed by atoms with Gasteiger partial charge in [0.1, 0.15) is 0 Å². The first-order valence-corrected chi connectivity index (χ1v) is 10.7. The molecule has 4 N–H and O–H groups in total. The Bertz CT molecular complexity index is 870. The summed E-state index contributed by atoms with van der Waals surface area (Å²) < 4.78 is 26.2. The van der Waals surface area contributed by atoms with Crippen molar-refractivity contribution in [1.29, 1.82) is 0 Å². The van der Waals surface area contributed by atoms with E-state index >= 15 is 0 Å². The number of aliphatic hydroxyl groups is 1. The highest BCUT2D eigenvalue weighted by Gasteiger charge is 2.11. The molecule has 0 aromatic heterocycles. The lowest BCUT2D eigenvalue weighted by Crippen LogP contribution is -2.38. The van der Waals surface area contributed by atoms with Crippen molar-refractivity contribution >= 4 is 16.0 Å². The van der Waals surface area contributed by atoms with Crippen molar-refractivity contribution < 1.29 is 13.5 Å². The van der Waals surface area contributed by atoms with Crippen LogP contribution in [0.5, 0.6) is 0 Å². The fourth-order valence-electron chi connectivity index (χ4n) is 2.61. The molecule has 2 aromatic rings. The van der Waals surface area contributed by atoms with Crippen molar-refractivity contribution in [2.45, 2.75) is 30.9 Å². The molecule has 152 valence electrons. The number of aliphatic hydroxyl groups excluding tert-OH is 1. The van der Waals surface area contributed by atoms with Crippen LogP contribution in [0.25, 0.3) is 0 Å². The molecule has 7 nitrogen and oxygen atoms in total. The molecule has 2 rings (SSSR count). The minimum absolute atomic E-state index is 0.214. The predicted octanol–water partition coefficient (Wildman–Crippen LogP) is 1.77. The number of rotatable bonds is 9. The first-order chi connectivity index (χ1) is 13.5. The summed E-state index contributed by atoms with van der Waals surface area (Å²) in [4.78, 5) is 4.71. The Hall–Kier alpha value is -2.42. The molecule has 28 heavy (non-hydrogen) atoms. The third-order valence-electron chi connectivity index (χ3n) is 4.14. The van der Waals surface area contributed by atoms with E-state index in [0.717, 1.165) is 11.1 Å². The van der Waals surface area contributed by atoms with Gasteiger partial charge in [-0.15, -0.1) is 0 Å². The van der Waals surface area contributed by atoms with Crippen molar-refractivity contribution in [3.8, 4) is 0 Å². The van der Waals surface area contributed by atoms with E-state index in [1.165, 1.54) is 7.05 Å². The van der Waals surface area contributed by atoms with Gasteiger partial charge in [0.05, 0.1) is 17.5 Å². The topological polar surface area (TPSA) is 103 Å². The van der Waals surface area contributed by atoms with Crippen molar-refractivity contribution in [2.75, 3.05) is 20.1 Å². The van der Waals surface area contributed by atoms with E-state index < -0.39 is 16.1 Å². The first kappa shape index (κ1) is 21.9. The number of guanidine groups is 1. The van der Waals surface area contributed by atoms with Gasteiger partial charge in [0, 0.05) is 13.1 Å². The molecular formula is C20H28N4O3S. The van der Waals surface area contributed by atoms with E-state index in [2.05, 4.69) is 20.3 Å². The summed E-state index contributed by atoms with van der Waals surface area (Å²) in [6, 6.07) is 16.2. The molecule has 0 spiro atoms. The number of nitrogens with one attached hydrogen (secondary N) is 3. The highest BCUT2D eigenvalue weighted by molar-refractivity contribution is 7.89. The molecule has 0 radical (unpaired) electrons. The zero-order chi connectivity index (χ0) is 20.4. The van der Waals surface area contributed by atoms with Gasteiger partial charge in [-0.1, -0.05) is 42.5 Å². The average Bonchev–Trinajstić information content (AvgIpc) is 2.72. The third-order valence-corrected chi connectivity index (χ3v) is 5.55. The van der Waals surface area contributed by atoms with Crippen LogP contribution in [0.1, 0.15) is 30.6 Å². The van der Waals surface area contributed by atoms with Crippen molar-refractivity contribution in [1.82, 2.24) is 15.4 Å².